The lowest BCUT2D eigenvalue weighted by Gasteiger charge is -2.60. The molecule has 2 saturated carbocycles. The first-order valence-electron chi connectivity index (χ1n) is 11.9. The zero-order valence-electron chi connectivity index (χ0n) is 21.5. The number of hydrogen-bond acceptors (Lipinski definition) is 5. The Balaban J connectivity index is 2.17. The number of rotatable bonds is 4. The second-order valence-electron chi connectivity index (χ2n) is 10.5. The molecule has 252 valence electrons. The summed E-state index contributed by atoms with van der Waals surface area (Å²) in [4.78, 5) is 0. The van der Waals surface area contributed by atoms with Crippen LogP contribution < -0.4 is 22.9 Å². The maximum Gasteiger partial charge on any atom is 0.346 e. The fourth-order valence-electron chi connectivity index (χ4n) is 5.12. The zero-order valence-corrected chi connectivity index (χ0v) is 22.4. The molecule has 21 heteroatoms. The average Bonchev–Trinajstić information content (AvgIpc) is 2.94. The van der Waals surface area contributed by atoms with Gasteiger partial charge < -0.3 is 11.5 Å². The number of thioether (sulfide) groups is 1. The Kier molecular flexibility index (Phi) is 7.31. The molecule has 4 nitrogen and oxygen atoms in total. The third-order valence-corrected chi connectivity index (χ3v) is 9.58. The Labute approximate surface area is 245 Å². The second-order valence-corrected chi connectivity index (χ2v) is 11.8. The summed E-state index contributed by atoms with van der Waals surface area (Å²) in [5.74, 6) is -40.5. The smallest absolute Gasteiger partial charge is 0.346 e. The lowest BCUT2D eigenvalue weighted by atomic mass is 9.69. The highest BCUT2D eigenvalue weighted by Crippen LogP contribution is 2.76. The molecule has 8 N–H and O–H groups in total. The fourth-order valence-corrected chi connectivity index (χ4v) is 6.80. The first-order valence-corrected chi connectivity index (χ1v) is 12.8. The highest BCUT2D eigenvalue weighted by atomic mass is 32.2. The molecule has 2 aliphatic rings. The van der Waals surface area contributed by atoms with E-state index in [0.717, 1.165) is 0 Å². The summed E-state index contributed by atoms with van der Waals surface area (Å²) < 4.78 is 248. The Morgan fingerprint density at radius 3 is 0.956 bits per heavy atom. The van der Waals surface area contributed by atoms with Crippen molar-refractivity contribution in [1.29, 1.82) is 0 Å². The van der Waals surface area contributed by atoms with Gasteiger partial charge in [-0.25, -0.2) is 35.1 Å². The van der Waals surface area contributed by atoms with Crippen LogP contribution in [0, 0.1) is 0 Å². The van der Waals surface area contributed by atoms with E-state index in [2.05, 4.69) is 11.5 Å². The van der Waals surface area contributed by atoms with Gasteiger partial charge in [0.25, 0.3) is 21.6 Å². The normalized spacial score (nSPS) is 43.5. The van der Waals surface area contributed by atoms with E-state index in [-0.39, 0.29) is 24.3 Å². The van der Waals surface area contributed by atoms with Crippen molar-refractivity contribution in [3.63, 3.8) is 0 Å². The maximum atomic E-state index is 16.8. The standard InChI is InChI=1S/C24H18F16N4S/c25-13-15(27,9-1-5-11(41)6-2-9)23(39,19(33,34)21(37,43)17(13,29)30)45-24(40)16(28,10-3-7-12(42)8-4-10)14(26)18(31,32)22(38,44)20(24,35)36/h1-8,13-14H,41-44H2. The van der Waals surface area contributed by atoms with Crippen LogP contribution >= 0.6 is 11.8 Å². The predicted molar refractivity (Wildman–Crippen MR) is 128 cm³/mol. The molecule has 0 radical (unpaired) electrons. The number of halogens is 16. The molecule has 0 bridgehead atoms. The number of hydrogen-bond donors (Lipinski definition) is 4. The van der Waals surface area contributed by atoms with Gasteiger partial charge in [0.05, 0.1) is 0 Å². The van der Waals surface area contributed by atoms with Crippen molar-refractivity contribution in [2.45, 2.75) is 69.0 Å². The summed E-state index contributed by atoms with van der Waals surface area (Å²) in [6.07, 6.45) is -10.7. The molecule has 4 rings (SSSR count). The van der Waals surface area contributed by atoms with Crippen LogP contribution in [0.4, 0.5) is 81.6 Å². The van der Waals surface area contributed by atoms with Gasteiger partial charge in [-0.3, -0.25) is 11.5 Å². The Morgan fingerprint density at radius 2 is 0.711 bits per heavy atom. The van der Waals surface area contributed by atoms with E-state index in [1.54, 1.807) is 0 Å². The molecule has 2 aliphatic carbocycles. The Hall–Kier alpha value is -2.81. The summed E-state index contributed by atoms with van der Waals surface area (Å²) in [5, 5.41) is -13.5. The fraction of sp³-hybridized carbons (Fsp3) is 0.500. The minimum Gasteiger partial charge on any atom is -0.399 e. The van der Waals surface area contributed by atoms with Gasteiger partial charge in [-0.2, -0.15) is 35.1 Å². The maximum absolute atomic E-state index is 16.8. The van der Waals surface area contributed by atoms with E-state index in [1.165, 1.54) is 0 Å². The Morgan fingerprint density at radius 1 is 0.467 bits per heavy atom. The van der Waals surface area contributed by atoms with Gasteiger partial charge in [0, 0.05) is 11.4 Å². The van der Waals surface area contributed by atoms with Crippen LogP contribution in [0.25, 0.3) is 0 Å². The van der Waals surface area contributed by atoms with Crippen molar-refractivity contribution in [2.75, 3.05) is 11.5 Å². The summed E-state index contributed by atoms with van der Waals surface area (Å²) in [6, 6.07) is 1.31. The molecule has 45 heavy (non-hydrogen) atoms. The third kappa shape index (κ3) is 3.68. The van der Waals surface area contributed by atoms with E-state index in [0.29, 0.717) is 24.3 Å². The molecule has 0 heterocycles. The first-order chi connectivity index (χ1) is 20.0. The van der Waals surface area contributed by atoms with Gasteiger partial charge in [0.2, 0.25) is 23.7 Å². The topological polar surface area (TPSA) is 104 Å². The lowest BCUT2D eigenvalue weighted by Crippen LogP contribution is -2.86. The molecule has 2 aromatic rings. The van der Waals surface area contributed by atoms with Crippen LogP contribution in [0.5, 0.6) is 0 Å². The van der Waals surface area contributed by atoms with Crippen LogP contribution in [0.2, 0.25) is 0 Å². The molecule has 0 spiro atoms. The van der Waals surface area contributed by atoms with Crippen molar-refractivity contribution in [2.24, 2.45) is 11.5 Å². The van der Waals surface area contributed by atoms with Crippen molar-refractivity contribution in [3.8, 4) is 0 Å². The van der Waals surface area contributed by atoms with Gasteiger partial charge >= 0.3 is 23.7 Å². The van der Waals surface area contributed by atoms with E-state index in [4.69, 9.17) is 11.5 Å². The predicted octanol–water partition coefficient (Wildman–Crippen LogP) is 6.44. The molecule has 2 aromatic carbocycles. The molecule has 8 atom stereocenters. The average molecular weight is 698 g/mol. The van der Waals surface area contributed by atoms with Crippen LogP contribution in [0.3, 0.4) is 0 Å². The summed E-state index contributed by atoms with van der Waals surface area (Å²) >= 11 is -3.05. The molecular formula is C24H18F16N4S. The van der Waals surface area contributed by atoms with Gasteiger partial charge in [0.15, 0.2) is 0 Å². The number of benzene rings is 2. The molecule has 0 amide bonds. The van der Waals surface area contributed by atoms with Gasteiger partial charge in [-0.05, 0) is 35.4 Å². The van der Waals surface area contributed by atoms with E-state index < -0.39 is 103 Å². The Bertz CT molecular complexity index is 1360. The minimum absolute atomic E-state index is 0.0498. The third-order valence-electron chi connectivity index (χ3n) is 7.91. The van der Waals surface area contributed by atoms with Crippen molar-refractivity contribution < 1.29 is 70.2 Å². The van der Waals surface area contributed by atoms with E-state index >= 15 is 43.9 Å². The SMILES string of the molecule is Nc1ccc(C2(F)C(F)C(F)(F)C(N)(F)C(F)(F)C2(F)SC2(F)C(F)(c3ccc(N)cc3)C(F)C(F)(F)C(N)(F)C2(F)F)cc1. The molecule has 2 fully saturated rings. The van der Waals surface area contributed by atoms with E-state index in [1.807, 2.05) is 0 Å². The molecule has 0 aromatic heterocycles. The van der Waals surface area contributed by atoms with Crippen LogP contribution in [-0.2, 0) is 11.3 Å². The molecule has 0 aliphatic heterocycles. The lowest BCUT2D eigenvalue weighted by molar-refractivity contribution is -0.371. The van der Waals surface area contributed by atoms with Crippen LogP contribution in [0.1, 0.15) is 11.1 Å². The minimum atomic E-state index is -7.19. The van der Waals surface area contributed by atoms with Crippen LogP contribution in [-0.4, -0.2) is 57.6 Å². The molecule has 8 unspecified atom stereocenters. The number of nitrogen functional groups attached to an aromatic ring is 2. The van der Waals surface area contributed by atoms with Crippen molar-refractivity contribution in [3.05, 3.63) is 59.7 Å². The molecule has 0 saturated heterocycles. The summed E-state index contributed by atoms with van der Waals surface area (Å²) in [5.41, 5.74) is 1.65. The van der Waals surface area contributed by atoms with Crippen molar-refractivity contribution >= 4 is 23.1 Å². The van der Waals surface area contributed by atoms with Crippen LogP contribution in [0.15, 0.2) is 48.5 Å². The van der Waals surface area contributed by atoms with Crippen molar-refractivity contribution in [1.82, 2.24) is 0 Å². The highest BCUT2D eigenvalue weighted by Gasteiger charge is 2.98. The quantitative estimate of drug-likeness (QED) is 0.167. The second kappa shape index (κ2) is 9.39. The van der Waals surface area contributed by atoms with Gasteiger partial charge in [0.1, 0.15) is 0 Å². The van der Waals surface area contributed by atoms with Gasteiger partial charge in [-0.1, -0.05) is 36.0 Å². The molecular weight excluding hydrogens is 680 g/mol. The highest BCUT2D eigenvalue weighted by molar-refractivity contribution is 8.02. The van der Waals surface area contributed by atoms with E-state index in [9.17, 15) is 26.3 Å². The summed E-state index contributed by atoms with van der Waals surface area (Å²) in [7, 11) is 0. The number of anilines is 2. The monoisotopic (exact) mass is 698 g/mol. The largest absolute Gasteiger partial charge is 0.399 e. The number of alkyl halides is 16. The zero-order chi connectivity index (χ0) is 34.8. The number of nitrogens with two attached hydrogens (primary N) is 4. The first kappa shape index (κ1) is 35.1. The summed E-state index contributed by atoms with van der Waals surface area (Å²) in [6.45, 7) is 0. The van der Waals surface area contributed by atoms with Gasteiger partial charge in [-0.15, -0.1) is 0 Å².